The van der Waals surface area contributed by atoms with Crippen LogP contribution in [-0.2, 0) is 14.8 Å². The number of anilines is 2. The normalized spacial score (nSPS) is 14.4. The predicted octanol–water partition coefficient (Wildman–Crippen LogP) is 2.73. The highest BCUT2D eigenvalue weighted by Gasteiger charge is 2.24. The van der Waals surface area contributed by atoms with Gasteiger partial charge in [0.25, 0.3) is 0 Å². The zero-order valence-corrected chi connectivity index (χ0v) is 18.6. The molecule has 1 amide bonds. The number of hydrogen-bond acceptors (Lipinski definition) is 5. The van der Waals surface area contributed by atoms with Gasteiger partial charge in [-0.3, -0.25) is 9.10 Å². The van der Waals surface area contributed by atoms with Crippen LogP contribution in [0, 0.1) is 5.82 Å². The highest BCUT2D eigenvalue weighted by molar-refractivity contribution is 7.92. The number of methoxy groups -OCH3 is 1. The molecule has 2 aromatic rings. The summed E-state index contributed by atoms with van der Waals surface area (Å²) in [6, 6.07) is 13.5. The number of ether oxygens (including phenoxy) is 1. The Morgan fingerprint density at radius 3 is 2.35 bits per heavy atom. The Morgan fingerprint density at radius 2 is 1.71 bits per heavy atom. The third-order valence-electron chi connectivity index (χ3n) is 5.33. The molecule has 1 aliphatic heterocycles. The molecule has 0 bridgehead atoms. The Labute approximate surface area is 183 Å². The quantitative estimate of drug-likeness (QED) is 0.620. The first kappa shape index (κ1) is 22.9. The Kier molecular flexibility index (Phi) is 7.37. The molecule has 1 saturated heterocycles. The molecule has 1 fully saturated rings. The van der Waals surface area contributed by atoms with E-state index >= 15 is 0 Å². The summed E-state index contributed by atoms with van der Waals surface area (Å²) in [6.07, 6.45) is 1.56. The molecule has 0 aliphatic carbocycles. The fourth-order valence-electron chi connectivity index (χ4n) is 3.74. The van der Waals surface area contributed by atoms with E-state index in [1.54, 1.807) is 18.1 Å². The van der Waals surface area contributed by atoms with E-state index < -0.39 is 15.8 Å². The van der Waals surface area contributed by atoms with E-state index in [4.69, 9.17) is 4.74 Å². The van der Waals surface area contributed by atoms with Crippen LogP contribution < -0.4 is 13.9 Å². The maximum Gasteiger partial charge on any atom is 0.232 e. The van der Waals surface area contributed by atoms with Gasteiger partial charge in [-0.25, -0.2) is 12.8 Å². The summed E-state index contributed by atoms with van der Waals surface area (Å²) >= 11 is 0. The zero-order chi connectivity index (χ0) is 22.4. The van der Waals surface area contributed by atoms with Gasteiger partial charge in [-0.1, -0.05) is 24.3 Å². The fraction of sp³-hybridized carbons (Fsp3) is 0.409. The smallest absolute Gasteiger partial charge is 0.232 e. The molecular weight excluding hydrogens is 421 g/mol. The summed E-state index contributed by atoms with van der Waals surface area (Å²) in [5.74, 6) is 0.171. The number of carbonyl (C=O) groups is 1. The number of carbonyl (C=O) groups excluding carboxylic acids is 1. The number of benzene rings is 2. The van der Waals surface area contributed by atoms with Crippen molar-refractivity contribution in [1.82, 2.24) is 4.90 Å². The van der Waals surface area contributed by atoms with Crippen molar-refractivity contribution < 1.29 is 22.3 Å². The fourth-order valence-corrected chi connectivity index (χ4v) is 4.70. The molecule has 7 nitrogen and oxygen atoms in total. The van der Waals surface area contributed by atoms with Gasteiger partial charge in [0.2, 0.25) is 15.9 Å². The minimum absolute atomic E-state index is 0.00266. The second-order valence-electron chi connectivity index (χ2n) is 7.43. The van der Waals surface area contributed by atoms with Crippen molar-refractivity contribution in [3.05, 3.63) is 54.3 Å². The van der Waals surface area contributed by atoms with Crippen molar-refractivity contribution in [3.63, 3.8) is 0 Å². The summed E-state index contributed by atoms with van der Waals surface area (Å²) in [6.45, 7) is 2.60. The molecule has 0 unspecified atom stereocenters. The molecule has 31 heavy (non-hydrogen) atoms. The van der Waals surface area contributed by atoms with Gasteiger partial charge in [0, 0.05) is 39.1 Å². The Morgan fingerprint density at radius 1 is 1.06 bits per heavy atom. The lowest BCUT2D eigenvalue weighted by Crippen LogP contribution is -2.49. The van der Waals surface area contributed by atoms with E-state index in [1.807, 2.05) is 24.3 Å². The lowest BCUT2D eigenvalue weighted by Gasteiger charge is -2.36. The largest absolute Gasteiger partial charge is 0.495 e. The topological polar surface area (TPSA) is 70.2 Å². The average molecular weight is 450 g/mol. The molecule has 168 valence electrons. The number of hydrogen-bond donors (Lipinski definition) is 0. The number of piperazine rings is 1. The highest BCUT2D eigenvalue weighted by atomic mass is 32.2. The van der Waals surface area contributed by atoms with Crippen molar-refractivity contribution >= 4 is 27.3 Å². The van der Waals surface area contributed by atoms with Crippen molar-refractivity contribution in [1.29, 1.82) is 0 Å². The molecule has 0 atom stereocenters. The molecule has 1 aliphatic rings. The third kappa shape index (κ3) is 5.66. The van der Waals surface area contributed by atoms with Gasteiger partial charge in [-0.05, 0) is 30.7 Å². The maximum atomic E-state index is 14.1. The van der Waals surface area contributed by atoms with E-state index in [1.165, 1.54) is 18.2 Å². The summed E-state index contributed by atoms with van der Waals surface area (Å²) in [5, 5.41) is 0. The van der Waals surface area contributed by atoms with E-state index in [0.717, 1.165) is 22.0 Å². The predicted molar refractivity (Wildman–Crippen MR) is 120 cm³/mol. The van der Waals surface area contributed by atoms with Crippen LogP contribution in [0.25, 0.3) is 0 Å². The van der Waals surface area contributed by atoms with Crippen LogP contribution in [0.3, 0.4) is 0 Å². The summed E-state index contributed by atoms with van der Waals surface area (Å²) < 4.78 is 44.8. The van der Waals surface area contributed by atoms with Crippen LogP contribution in [0.2, 0.25) is 0 Å². The van der Waals surface area contributed by atoms with Gasteiger partial charge in [-0.15, -0.1) is 0 Å². The molecule has 0 N–H and O–H groups in total. The van der Waals surface area contributed by atoms with Gasteiger partial charge in [0.1, 0.15) is 11.6 Å². The number of sulfonamides is 1. The van der Waals surface area contributed by atoms with Crippen LogP contribution in [0.1, 0.15) is 12.8 Å². The highest BCUT2D eigenvalue weighted by Crippen LogP contribution is 2.28. The zero-order valence-electron chi connectivity index (χ0n) is 17.8. The Balaban J connectivity index is 1.54. The minimum Gasteiger partial charge on any atom is -0.495 e. The number of halogens is 1. The molecule has 1 heterocycles. The molecule has 0 saturated carbocycles. The van der Waals surface area contributed by atoms with E-state index in [9.17, 15) is 17.6 Å². The van der Waals surface area contributed by atoms with E-state index in [2.05, 4.69) is 4.90 Å². The lowest BCUT2D eigenvalue weighted by molar-refractivity contribution is -0.131. The third-order valence-corrected chi connectivity index (χ3v) is 6.51. The molecular formula is C22H28FN3O4S. The first-order valence-electron chi connectivity index (χ1n) is 10.2. The van der Waals surface area contributed by atoms with Crippen molar-refractivity contribution in [3.8, 4) is 5.75 Å². The van der Waals surface area contributed by atoms with Gasteiger partial charge >= 0.3 is 0 Å². The molecule has 9 heteroatoms. The molecule has 0 spiro atoms. The monoisotopic (exact) mass is 449 g/mol. The molecule has 2 aromatic carbocycles. The number of nitrogens with zero attached hydrogens (tertiary/aromatic N) is 3. The second kappa shape index (κ2) is 10.00. The minimum atomic E-state index is -3.66. The standard InChI is InChI=1S/C22H28FN3O4S/c1-30-21-11-6-5-10-20(21)24-14-16-25(17-15-24)22(27)12-7-13-26(31(2,28)29)19-9-4-3-8-18(19)23/h3-6,8-11H,7,12-17H2,1-2H3. The average Bonchev–Trinajstić information content (AvgIpc) is 2.76. The van der Waals surface area contributed by atoms with Gasteiger partial charge in [0.15, 0.2) is 0 Å². The molecule has 3 rings (SSSR count). The lowest BCUT2D eigenvalue weighted by atomic mass is 10.2. The van der Waals surface area contributed by atoms with Crippen molar-refractivity contribution in [2.45, 2.75) is 12.8 Å². The Hall–Kier alpha value is -2.81. The summed E-state index contributed by atoms with van der Waals surface area (Å²) in [5.41, 5.74) is 1.01. The van der Waals surface area contributed by atoms with Gasteiger partial charge in [-0.2, -0.15) is 0 Å². The van der Waals surface area contributed by atoms with Crippen molar-refractivity contribution in [2.24, 2.45) is 0 Å². The van der Waals surface area contributed by atoms with E-state index in [0.29, 0.717) is 32.6 Å². The van der Waals surface area contributed by atoms with Crippen LogP contribution in [0.15, 0.2) is 48.5 Å². The van der Waals surface area contributed by atoms with E-state index in [-0.39, 0.29) is 24.6 Å². The van der Waals surface area contributed by atoms with Crippen LogP contribution in [-0.4, -0.2) is 65.3 Å². The summed E-state index contributed by atoms with van der Waals surface area (Å²) in [4.78, 5) is 16.6. The first-order chi connectivity index (χ1) is 14.8. The number of rotatable bonds is 8. The van der Waals surface area contributed by atoms with Crippen molar-refractivity contribution in [2.75, 3.05) is 55.3 Å². The SMILES string of the molecule is COc1ccccc1N1CCN(C(=O)CCCN(c2ccccc2F)S(C)(=O)=O)CC1. The van der Waals surface area contributed by atoms with Gasteiger partial charge < -0.3 is 14.5 Å². The number of para-hydroxylation sites is 3. The van der Waals surface area contributed by atoms with Crippen LogP contribution in [0.5, 0.6) is 5.75 Å². The van der Waals surface area contributed by atoms with Gasteiger partial charge in [0.05, 0.1) is 24.7 Å². The second-order valence-corrected chi connectivity index (χ2v) is 9.34. The van der Waals surface area contributed by atoms with Crippen LogP contribution in [0.4, 0.5) is 15.8 Å². The Bertz CT molecular complexity index is 1010. The summed E-state index contributed by atoms with van der Waals surface area (Å²) in [7, 11) is -2.02. The molecule has 0 aromatic heterocycles. The van der Waals surface area contributed by atoms with Crippen LogP contribution >= 0.6 is 0 Å². The maximum absolute atomic E-state index is 14.1. The molecule has 0 radical (unpaired) electrons. The number of amides is 1. The first-order valence-corrected chi connectivity index (χ1v) is 12.0.